The van der Waals surface area contributed by atoms with Crippen LogP contribution in [0, 0.1) is 11.7 Å². The summed E-state index contributed by atoms with van der Waals surface area (Å²) in [7, 11) is 0. The van der Waals surface area contributed by atoms with Gasteiger partial charge in [0.1, 0.15) is 5.82 Å². The van der Waals surface area contributed by atoms with E-state index in [2.05, 4.69) is 31.0 Å². The van der Waals surface area contributed by atoms with Gasteiger partial charge in [-0.1, -0.05) is 39.3 Å². The van der Waals surface area contributed by atoms with E-state index in [1.165, 1.54) is 12.5 Å². The Labute approximate surface area is 110 Å². The Kier molecular flexibility index (Phi) is 6.73. The van der Waals surface area contributed by atoms with Crippen molar-refractivity contribution in [1.82, 2.24) is 4.90 Å². The van der Waals surface area contributed by atoms with Crippen LogP contribution >= 0.6 is 0 Å². The fourth-order valence-electron chi connectivity index (χ4n) is 1.90. The van der Waals surface area contributed by atoms with Crippen LogP contribution in [-0.2, 0) is 0 Å². The monoisotopic (exact) mass is 252 g/mol. The second kappa shape index (κ2) is 8.09. The van der Waals surface area contributed by atoms with Gasteiger partial charge in [0.05, 0.1) is 5.69 Å². The molecule has 0 amide bonds. The van der Waals surface area contributed by atoms with Crippen LogP contribution in [0.3, 0.4) is 0 Å². The third kappa shape index (κ3) is 5.05. The molecule has 18 heavy (non-hydrogen) atoms. The molecule has 1 aromatic carbocycles. The highest BCUT2D eigenvalue weighted by Crippen LogP contribution is 2.12. The van der Waals surface area contributed by atoms with E-state index in [0.29, 0.717) is 5.69 Å². The van der Waals surface area contributed by atoms with E-state index >= 15 is 0 Å². The molecule has 2 nitrogen and oxygen atoms in total. The smallest absolute Gasteiger partial charge is 0.146 e. The van der Waals surface area contributed by atoms with Crippen LogP contribution < -0.4 is 5.32 Å². The van der Waals surface area contributed by atoms with Gasteiger partial charge in [-0.2, -0.15) is 0 Å². The Morgan fingerprint density at radius 2 is 2.00 bits per heavy atom. The molecule has 1 N–H and O–H groups in total. The summed E-state index contributed by atoms with van der Waals surface area (Å²) in [6.45, 7) is 10.6. The summed E-state index contributed by atoms with van der Waals surface area (Å²) in [4.78, 5) is 2.40. The maximum Gasteiger partial charge on any atom is 0.146 e. The Hall–Kier alpha value is -1.09. The number of hydrogen-bond donors (Lipinski definition) is 1. The van der Waals surface area contributed by atoms with Gasteiger partial charge in [-0.25, -0.2) is 4.39 Å². The molecule has 0 saturated carbocycles. The summed E-state index contributed by atoms with van der Waals surface area (Å²) >= 11 is 0. The van der Waals surface area contributed by atoms with Crippen molar-refractivity contribution >= 4 is 5.69 Å². The number of likely N-dealkylation sites (N-methyl/N-ethyl adjacent to an activating group) is 1. The lowest BCUT2D eigenvalue weighted by Gasteiger charge is -2.24. The normalized spacial score (nSPS) is 12.7. The van der Waals surface area contributed by atoms with E-state index in [1.807, 2.05) is 6.07 Å². The van der Waals surface area contributed by atoms with Crippen LogP contribution in [-0.4, -0.2) is 31.1 Å². The van der Waals surface area contributed by atoms with Crippen molar-refractivity contribution in [3.05, 3.63) is 30.1 Å². The lowest BCUT2D eigenvalue weighted by molar-refractivity contribution is 0.254. The Balaban J connectivity index is 2.33. The predicted octanol–water partition coefficient (Wildman–Crippen LogP) is 3.61. The van der Waals surface area contributed by atoms with Crippen LogP contribution in [0.2, 0.25) is 0 Å². The summed E-state index contributed by atoms with van der Waals surface area (Å²) in [6, 6.07) is 6.82. The maximum atomic E-state index is 13.4. The van der Waals surface area contributed by atoms with Crippen LogP contribution in [0.25, 0.3) is 0 Å². The van der Waals surface area contributed by atoms with Crippen molar-refractivity contribution in [2.75, 3.05) is 31.5 Å². The van der Waals surface area contributed by atoms with E-state index in [0.717, 1.165) is 32.1 Å². The van der Waals surface area contributed by atoms with Crippen LogP contribution in [0.1, 0.15) is 27.2 Å². The number of halogens is 1. The highest BCUT2D eigenvalue weighted by Gasteiger charge is 2.07. The second-order valence-electron chi connectivity index (χ2n) is 4.81. The molecule has 1 atom stereocenters. The fourth-order valence-corrected chi connectivity index (χ4v) is 1.90. The zero-order chi connectivity index (χ0) is 13.4. The maximum absolute atomic E-state index is 13.4. The highest BCUT2D eigenvalue weighted by molar-refractivity contribution is 5.44. The molecule has 0 bridgehead atoms. The highest BCUT2D eigenvalue weighted by atomic mass is 19.1. The number of para-hydroxylation sites is 1. The molecule has 3 heteroatoms. The van der Waals surface area contributed by atoms with Gasteiger partial charge in [-0.15, -0.1) is 0 Å². The topological polar surface area (TPSA) is 15.3 Å². The number of anilines is 1. The molecule has 0 aliphatic heterocycles. The number of benzene rings is 1. The first kappa shape index (κ1) is 15.0. The van der Waals surface area contributed by atoms with Crippen molar-refractivity contribution in [2.45, 2.75) is 27.2 Å². The average Bonchev–Trinajstić information content (AvgIpc) is 2.39. The molecule has 1 unspecified atom stereocenters. The molecule has 0 heterocycles. The third-order valence-electron chi connectivity index (χ3n) is 3.33. The molecule has 0 saturated heterocycles. The molecule has 0 radical (unpaired) electrons. The molecular formula is C15H25FN2. The minimum Gasteiger partial charge on any atom is -0.381 e. The standard InChI is InChI=1S/C15H25FN2/c1-4-13(3)12-18(5-2)11-10-17-15-9-7-6-8-14(15)16/h6-9,13,17H,4-5,10-12H2,1-3H3. The fraction of sp³-hybridized carbons (Fsp3) is 0.600. The van der Waals surface area contributed by atoms with Crippen molar-refractivity contribution < 1.29 is 4.39 Å². The average molecular weight is 252 g/mol. The van der Waals surface area contributed by atoms with E-state index in [-0.39, 0.29) is 5.82 Å². The first-order chi connectivity index (χ1) is 8.67. The summed E-state index contributed by atoms with van der Waals surface area (Å²) in [5.74, 6) is 0.542. The molecule has 0 fully saturated rings. The predicted molar refractivity (Wildman–Crippen MR) is 76.5 cm³/mol. The molecule has 0 spiro atoms. The lowest BCUT2D eigenvalue weighted by Crippen LogP contribution is -2.32. The molecule has 102 valence electrons. The van der Waals surface area contributed by atoms with Gasteiger partial charge in [0.15, 0.2) is 0 Å². The van der Waals surface area contributed by atoms with Gasteiger partial charge in [0.25, 0.3) is 0 Å². The van der Waals surface area contributed by atoms with Crippen LogP contribution in [0.15, 0.2) is 24.3 Å². The number of rotatable bonds is 8. The summed E-state index contributed by atoms with van der Waals surface area (Å²) in [5, 5.41) is 3.15. The van der Waals surface area contributed by atoms with Crippen molar-refractivity contribution in [3.63, 3.8) is 0 Å². The van der Waals surface area contributed by atoms with Gasteiger partial charge >= 0.3 is 0 Å². The summed E-state index contributed by atoms with van der Waals surface area (Å²) < 4.78 is 13.4. The van der Waals surface area contributed by atoms with Crippen LogP contribution in [0.4, 0.5) is 10.1 Å². The van der Waals surface area contributed by atoms with Crippen molar-refractivity contribution in [2.24, 2.45) is 5.92 Å². The SMILES string of the molecule is CCC(C)CN(CC)CCNc1ccccc1F. The van der Waals surface area contributed by atoms with E-state index < -0.39 is 0 Å². The molecular weight excluding hydrogens is 227 g/mol. The van der Waals surface area contributed by atoms with Gasteiger partial charge in [0, 0.05) is 19.6 Å². The van der Waals surface area contributed by atoms with Crippen LogP contribution in [0.5, 0.6) is 0 Å². The molecule has 1 aromatic rings. The minimum absolute atomic E-state index is 0.178. The zero-order valence-electron chi connectivity index (χ0n) is 11.7. The first-order valence-corrected chi connectivity index (χ1v) is 6.88. The van der Waals surface area contributed by atoms with Gasteiger partial charge in [0.2, 0.25) is 0 Å². The molecule has 0 aromatic heterocycles. The zero-order valence-corrected chi connectivity index (χ0v) is 11.7. The number of nitrogens with zero attached hydrogens (tertiary/aromatic N) is 1. The Morgan fingerprint density at radius 1 is 1.28 bits per heavy atom. The molecule has 0 aliphatic rings. The van der Waals surface area contributed by atoms with E-state index in [9.17, 15) is 4.39 Å². The van der Waals surface area contributed by atoms with Gasteiger partial charge in [-0.3, -0.25) is 0 Å². The lowest BCUT2D eigenvalue weighted by atomic mass is 10.1. The largest absolute Gasteiger partial charge is 0.381 e. The third-order valence-corrected chi connectivity index (χ3v) is 3.33. The molecule has 1 rings (SSSR count). The van der Waals surface area contributed by atoms with Crippen molar-refractivity contribution in [1.29, 1.82) is 0 Å². The van der Waals surface area contributed by atoms with Gasteiger partial charge in [-0.05, 0) is 24.6 Å². The summed E-state index contributed by atoms with van der Waals surface area (Å²) in [5.41, 5.74) is 0.595. The second-order valence-corrected chi connectivity index (χ2v) is 4.81. The number of hydrogen-bond acceptors (Lipinski definition) is 2. The quantitative estimate of drug-likeness (QED) is 0.760. The van der Waals surface area contributed by atoms with E-state index in [4.69, 9.17) is 0 Å². The van der Waals surface area contributed by atoms with Crippen molar-refractivity contribution in [3.8, 4) is 0 Å². The summed E-state index contributed by atoms with van der Waals surface area (Å²) in [6.07, 6.45) is 1.21. The van der Waals surface area contributed by atoms with E-state index in [1.54, 1.807) is 12.1 Å². The Morgan fingerprint density at radius 3 is 2.61 bits per heavy atom. The first-order valence-electron chi connectivity index (χ1n) is 6.88. The van der Waals surface area contributed by atoms with Gasteiger partial charge < -0.3 is 10.2 Å². The number of nitrogens with one attached hydrogen (secondary N) is 1. The molecule has 0 aliphatic carbocycles. The Bertz CT molecular complexity index is 341. The minimum atomic E-state index is -0.178.